The molecular formula is C11H13N5O3. The number of hydrogen-bond donors (Lipinski definition) is 0. The molecule has 0 radical (unpaired) electrons. The van der Waals surface area contributed by atoms with Crippen LogP contribution in [0.25, 0.3) is 0 Å². The van der Waals surface area contributed by atoms with E-state index in [0.717, 1.165) is 0 Å². The van der Waals surface area contributed by atoms with Crippen LogP contribution in [0.2, 0.25) is 0 Å². The Balaban J connectivity index is 2.07. The van der Waals surface area contributed by atoms with Crippen molar-refractivity contribution in [1.82, 2.24) is 20.3 Å². The number of nitrogens with zero attached hydrogens (tertiary/aromatic N) is 5. The average Bonchev–Trinajstić information content (AvgIpc) is 2.83. The minimum Gasteiger partial charge on any atom is -0.464 e. The average molecular weight is 263 g/mol. The molecular weight excluding hydrogens is 250 g/mol. The third-order valence-electron chi connectivity index (χ3n) is 2.38. The monoisotopic (exact) mass is 263 g/mol. The fraction of sp³-hybridized carbons (Fsp3) is 0.364. The van der Waals surface area contributed by atoms with Crippen LogP contribution in [-0.4, -0.2) is 40.5 Å². The summed E-state index contributed by atoms with van der Waals surface area (Å²) in [6.45, 7) is 2.16. The Kier molecular flexibility index (Phi) is 3.69. The van der Waals surface area contributed by atoms with Gasteiger partial charge in [0.1, 0.15) is 0 Å². The smallest absolute Gasteiger partial charge is 0.358 e. The molecule has 19 heavy (non-hydrogen) atoms. The molecule has 0 fully saturated rings. The predicted molar refractivity (Wildman–Crippen MR) is 64.5 cm³/mol. The van der Waals surface area contributed by atoms with E-state index in [9.17, 15) is 4.79 Å². The maximum Gasteiger partial charge on any atom is 0.358 e. The van der Waals surface area contributed by atoms with Gasteiger partial charge in [0.2, 0.25) is 5.89 Å². The second-order valence-electron chi connectivity index (χ2n) is 3.85. The first-order valence-electron chi connectivity index (χ1n) is 5.52. The Morgan fingerprint density at radius 3 is 2.74 bits per heavy atom. The zero-order valence-corrected chi connectivity index (χ0v) is 10.8. The van der Waals surface area contributed by atoms with E-state index in [0.29, 0.717) is 24.1 Å². The van der Waals surface area contributed by atoms with E-state index in [1.165, 1.54) is 7.11 Å². The third-order valence-corrected chi connectivity index (χ3v) is 2.38. The van der Waals surface area contributed by atoms with Crippen molar-refractivity contribution in [2.45, 2.75) is 13.5 Å². The number of carbonyl (C=O) groups excluding carboxylic acids is 1. The Bertz CT molecular complexity index is 566. The molecule has 0 amide bonds. The van der Waals surface area contributed by atoms with Gasteiger partial charge in [0.15, 0.2) is 17.3 Å². The van der Waals surface area contributed by atoms with Crippen LogP contribution in [0.3, 0.4) is 0 Å². The summed E-state index contributed by atoms with van der Waals surface area (Å²) >= 11 is 0. The summed E-state index contributed by atoms with van der Waals surface area (Å²) in [5, 5.41) is 11.5. The van der Waals surface area contributed by atoms with Gasteiger partial charge in [-0.1, -0.05) is 5.16 Å². The van der Waals surface area contributed by atoms with Crippen LogP contribution in [0.15, 0.2) is 16.7 Å². The van der Waals surface area contributed by atoms with E-state index in [4.69, 9.17) is 4.52 Å². The summed E-state index contributed by atoms with van der Waals surface area (Å²) in [5.74, 6) is 1.14. The topological polar surface area (TPSA) is 94.2 Å². The highest BCUT2D eigenvalue weighted by molar-refractivity contribution is 5.86. The summed E-state index contributed by atoms with van der Waals surface area (Å²) in [5.41, 5.74) is 0.162. The first-order valence-corrected chi connectivity index (χ1v) is 5.52. The second-order valence-corrected chi connectivity index (χ2v) is 3.85. The van der Waals surface area contributed by atoms with Crippen molar-refractivity contribution < 1.29 is 14.1 Å². The summed E-state index contributed by atoms with van der Waals surface area (Å²) in [7, 11) is 3.11. The first-order chi connectivity index (χ1) is 9.10. The van der Waals surface area contributed by atoms with Crippen LogP contribution < -0.4 is 4.90 Å². The van der Waals surface area contributed by atoms with Gasteiger partial charge < -0.3 is 14.2 Å². The Hall–Kier alpha value is -2.51. The zero-order chi connectivity index (χ0) is 13.8. The molecule has 0 aliphatic rings. The Morgan fingerprint density at radius 2 is 2.21 bits per heavy atom. The lowest BCUT2D eigenvalue weighted by Gasteiger charge is -2.14. The molecule has 0 saturated carbocycles. The summed E-state index contributed by atoms with van der Waals surface area (Å²) in [6, 6.07) is 3.22. The lowest BCUT2D eigenvalue weighted by atomic mass is 10.3. The molecule has 0 atom stereocenters. The highest BCUT2D eigenvalue weighted by atomic mass is 16.5. The molecule has 0 aliphatic carbocycles. The van der Waals surface area contributed by atoms with Crippen LogP contribution in [0.5, 0.6) is 0 Å². The molecule has 0 bridgehead atoms. The lowest BCUT2D eigenvalue weighted by molar-refractivity contribution is 0.0592. The molecule has 2 heterocycles. The van der Waals surface area contributed by atoms with Crippen molar-refractivity contribution in [3.63, 3.8) is 0 Å². The van der Waals surface area contributed by atoms with E-state index in [2.05, 4.69) is 25.1 Å². The number of hydrogen-bond acceptors (Lipinski definition) is 8. The lowest BCUT2D eigenvalue weighted by Crippen LogP contribution is -2.19. The SMILES string of the molecule is COC(=O)c1ccc(N(C)Cc2noc(C)n2)nn1. The molecule has 2 rings (SSSR count). The van der Waals surface area contributed by atoms with Gasteiger partial charge in [0.05, 0.1) is 13.7 Å². The van der Waals surface area contributed by atoms with Gasteiger partial charge in [-0.25, -0.2) is 4.79 Å². The number of esters is 1. The van der Waals surface area contributed by atoms with Crippen molar-refractivity contribution in [2.24, 2.45) is 0 Å². The van der Waals surface area contributed by atoms with E-state index in [1.807, 2.05) is 7.05 Å². The largest absolute Gasteiger partial charge is 0.464 e. The first kappa shape index (κ1) is 12.9. The molecule has 0 spiro atoms. The Morgan fingerprint density at radius 1 is 1.42 bits per heavy atom. The second kappa shape index (κ2) is 5.42. The van der Waals surface area contributed by atoms with Crippen LogP contribution >= 0.6 is 0 Å². The number of anilines is 1. The molecule has 2 aromatic heterocycles. The number of aryl methyl sites for hydroxylation is 1. The fourth-order valence-electron chi connectivity index (χ4n) is 1.44. The molecule has 8 nitrogen and oxygen atoms in total. The quantitative estimate of drug-likeness (QED) is 0.740. The maximum atomic E-state index is 11.2. The van der Waals surface area contributed by atoms with Gasteiger partial charge in [-0.3, -0.25) is 0 Å². The number of rotatable bonds is 4. The van der Waals surface area contributed by atoms with Crippen molar-refractivity contribution in [1.29, 1.82) is 0 Å². The van der Waals surface area contributed by atoms with E-state index < -0.39 is 5.97 Å². The van der Waals surface area contributed by atoms with Crippen LogP contribution in [-0.2, 0) is 11.3 Å². The molecule has 100 valence electrons. The van der Waals surface area contributed by atoms with Gasteiger partial charge in [0.25, 0.3) is 0 Å². The highest BCUT2D eigenvalue weighted by Gasteiger charge is 2.11. The van der Waals surface area contributed by atoms with E-state index in [1.54, 1.807) is 24.0 Å². The van der Waals surface area contributed by atoms with Gasteiger partial charge in [0, 0.05) is 14.0 Å². The van der Waals surface area contributed by atoms with Crippen molar-refractivity contribution in [3.05, 3.63) is 29.5 Å². The van der Waals surface area contributed by atoms with Crippen molar-refractivity contribution >= 4 is 11.8 Å². The highest BCUT2D eigenvalue weighted by Crippen LogP contribution is 2.10. The van der Waals surface area contributed by atoms with Crippen LogP contribution in [0, 0.1) is 6.92 Å². The molecule has 8 heteroatoms. The fourth-order valence-corrected chi connectivity index (χ4v) is 1.44. The Labute approximate surface area is 109 Å². The van der Waals surface area contributed by atoms with E-state index >= 15 is 0 Å². The van der Waals surface area contributed by atoms with Crippen molar-refractivity contribution in [3.8, 4) is 0 Å². The number of ether oxygens (including phenoxy) is 1. The number of methoxy groups -OCH3 is 1. The van der Waals surface area contributed by atoms with Gasteiger partial charge in [-0.15, -0.1) is 10.2 Å². The van der Waals surface area contributed by atoms with Crippen LogP contribution in [0.4, 0.5) is 5.82 Å². The molecule has 0 aliphatic heterocycles. The maximum absolute atomic E-state index is 11.2. The van der Waals surface area contributed by atoms with Gasteiger partial charge in [-0.2, -0.15) is 4.98 Å². The number of aromatic nitrogens is 4. The normalized spacial score (nSPS) is 10.3. The predicted octanol–water partition coefficient (Wildman–Crippen LogP) is 0.591. The molecule has 0 saturated heterocycles. The minimum atomic E-state index is -0.518. The van der Waals surface area contributed by atoms with E-state index in [-0.39, 0.29) is 5.69 Å². The van der Waals surface area contributed by atoms with Crippen molar-refractivity contribution in [2.75, 3.05) is 19.1 Å². The molecule has 0 unspecified atom stereocenters. The van der Waals surface area contributed by atoms with Crippen LogP contribution in [0.1, 0.15) is 22.2 Å². The number of carbonyl (C=O) groups is 1. The summed E-state index contributed by atoms with van der Waals surface area (Å²) in [6.07, 6.45) is 0. The third kappa shape index (κ3) is 3.03. The molecule has 0 N–H and O–H groups in total. The van der Waals surface area contributed by atoms with Gasteiger partial charge >= 0.3 is 5.97 Å². The standard InChI is InChI=1S/C11H13N5O3/c1-7-12-9(15-19-7)6-16(2)10-5-4-8(13-14-10)11(17)18-3/h4-5H,6H2,1-3H3. The van der Waals surface area contributed by atoms with Gasteiger partial charge in [-0.05, 0) is 12.1 Å². The zero-order valence-electron chi connectivity index (χ0n) is 10.8. The molecule has 0 aromatic carbocycles. The minimum absolute atomic E-state index is 0.162. The summed E-state index contributed by atoms with van der Waals surface area (Å²) in [4.78, 5) is 17.1. The molecule has 2 aromatic rings. The summed E-state index contributed by atoms with van der Waals surface area (Å²) < 4.78 is 9.43.